The molecule has 1 aliphatic heterocycles. The first kappa shape index (κ1) is 19.3. The van der Waals surface area contributed by atoms with Gasteiger partial charge in [0, 0.05) is 24.8 Å². The molecule has 1 saturated heterocycles. The van der Waals surface area contributed by atoms with Crippen LogP contribution in [0.25, 0.3) is 11.5 Å². The van der Waals surface area contributed by atoms with Crippen LogP contribution in [0.2, 0.25) is 0 Å². The summed E-state index contributed by atoms with van der Waals surface area (Å²) < 4.78 is 11.4. The van der Waals surface area contributed by atoms with Crippen LogP contribution in [0.5, 0.6) is 5.75 Å². The molecule has 0 saturated carbocycles. The third-order valence-corrected chi connectivity index (χ3v) is 5.12. The Balaban J connectivity index is 1.42. The molecule has 4 rings (SSSR count). The molecular weight excluding hydrogens is 366 g/mol. The van der Waals surface area contributed by atoms with Crippen LogP contribution in [0.15, 0.2) is 47.1 Å². The molecule has 3 heterocycles. The lowest BCUT2D eigenvalue weighted by Gasteiger charge is -2.15. The summed E-state index contributed by atoms with van der Waals surface area (Å²) in [5, 5.41) is 6.39. The van der Waals surface area contributed by atoms with Gasteiger partial charge in [-0.15, -0.1) is 0 Å². The third-order valence-electron chi connectivity index (χ3n) is 5.12. The van der Waals surface area contributed by atoms with Gasteiger partial charge in [0.25, 0.3) is 0 Å². The fraction of sp³-hybridized carbons (Fsp3) is 0.364. The van der Waals surface area contributed by atoms with Gasteiger partial charge in [0.1, 0.15) is 23.9 Å². The van der Waals surface area contributed by atoms with E-state index in [9.17, 15) is 0 Å². The molecule has 0 atom stereocenters. The van der Waals surface area contributed by atoms with E-state index in [1.165, 1.54) is 25.9 Å². The summed E-state index contributed by atoms with van der Waals surface area (Å²) in [4.78, 5) is 11.6. The number of nitrogens with one attached hydrogen (secondary N) is 2. The molecule has 3 aromatic rings. The summed E-state index contributed by atoms with van der Waals surface area (Å²) in [5.74, 6) is 2.85. The summed E-state index contributed by atoms with van der Waals surface area (Å²) in [6.45, 7) is 6.06. The molecule has 152 valence electrons. The molecule has 0 spiro atoms. The average Bonchev–Trinajstić information content (AvgIpc) is 3.45. The van der Waals surface area contributed by atoms with Crippen LogP contribution in [-0.4, -0.2) is 48.2 Å². The van der Waals surface area contributed by atoms with Crippen LogP contribution in [-0.2, 0) is 0 Å². The number of anilines is 3. The molecule has 29 heavy (non-hydrogen) atoms. The highest BCUT2D eigenvalue weighted by molar-refractivity contribution is 5.67. The second-order valence-electron chi connectivity index (χ2n) is 7.14. The minimum Gasteiger partial charge on any atom is -0.492 e. The number of furan rings is 1. The SMILES string of the molecule is CNc1nc(Nc2ccc(OCCN3CCCC3)cc2)nc(-c2ccco2)c1C. The maximum atomic E-state index is 5.87. The molecule has 0 aliphatic carbocycles. The number of aromatic nitrogens is 2. The van der Waals surface area contributed by atoms with Gasteiger partial charge in [0.05, 0.1) is 6.26 Å². The molecule has 7 heteroatoms. The molecule has 1 fully saturated rings. The number of hydrogen-bond donors (Lipinski definition) is 2. The minimum absolute atomic E-state index is 0.508. The second kappa shape index (κ2) is 8.96. The number of likely N-dealkylation sites (tertiary alicyclic amines) is 1. The van der Waals surface area contributed by atoms with Gasteiger partial charge in [0.15, 0.2) is 5.76 Å². The normalized spacial score (nSPS) is 14.1. The third kappa shape index (κ3) is 4.68. The number of hydrogen-bond acceptors (Lipinski definition) is 7. The van der Waals surface area contributed by atoms with Crippen molar-refractivity contribution in [1.82, 2.24) is 14.9 Å². The lowest BCUT2D eigenvalue weighted by Crippen LogP contribution is -2.25. The fourth-order valence-electron chi connectivity index (χ4n) is 3.53. The molecular formula is C22H27N5O2. The molecule has 0 amide bonds. The fourth-order valence-corrected chi connectivity index (χ4v) is 3.53. The molecule has 7 nitrogen and oxygen atoms in total. The van der Waals surface area contributed by atoms with Crippen LogP contribution >= 0.6 is 0 Å². The van der Waals surface area contributed by atoms with Crippen molar-refractivity contribution in [1.29, 1.82) is 0 Å². The van der Waals surface area contributed by atoms with Crippen molar-refractivity contribution >= 4 is 17.5 Å². The van der Waals surface area contributed by atoms with Gasteiger partial charge in [-0.05, 0) is 69.3 Å². The van der Waals surface area contributed by atoms with Crippen molar-refractivity contribution in [3.63, 3.8) is 0 Å². The van der Waals surface area contributed by atoms with Gasteiger partial charge in [0.2, 0.25) is 5.95 Å². The maximum absolute atomic E-state index is 5.87. The van der Waals surface area contributed by atoms with Gasteiger partial charge in [-0.2, -0.15) is 4.98 Å². The van der Waals surface area contributed by atoms with Crippen molar-refractivity contribution in [2.24, 2.45) is 0 Å². The first-order chi connectivity index (χ1) is 14.2. The zero-order valence-corrected chi connectivity index (χ0v) is 16.9. The summed E-state index contributed by atoms with van der Waals surface area (Å²) in [7, 11) is 1.85. The average molecular weight is 393 g/mol. The Morgan fingerprint density at radius 3 is 2.59 bits per heavy atom. The molecule has 2 aromatic heterocycles. The highest BCUT2D eigenvalue weighted by Gasteiger charge is 2.14. The van der Waals surface area contributed by atoms with E-state index in [4.69, 9.17) is 9.15 Å². The number of rotatable bonds is 8. The standard InChI is InChI=1S/C22H27N5O2/c1-16-20(19-6-5-14-29-19)25-22(26-21(16)23-2)24-17-7-9-18(10-8-17)28-15-13-27-11-3-4-12-27/h5-10,14H,3-4,11-13,15H2,1-2H3,(H2,23,24,25,26). The van der Waals surface area contributed by atoms with E-state index in [0.717, 1.165) is 35.1 Å². The molecule has 0 radical (unpaired) electrons. The summed E-state index contributed by atoms with van der Waals surface area (Å²) >= 11 is 0. The smallest absolute Gasteiger partial charge is 0.229 e. The van der Waals surface area contributed by atoms with Crippen LogP contribution in [0.1, 0.15) is 18.4 Å². The number of nitrogens with zero attached hydrogens (tertiary/aromatic N) is 3. The van der Waals surface area contributed by atoms with E-state index < -0.39 is 0 Å². The largest absolute Gasteiger partial charge is 0.492 e. The molecule has 2 N–H and O–H groups in total. The van der Waals surface area contributed by atoms with Gasteiger partial charge in [-0.25, -0.2) is 4.98 Å². The van der Waals surface area contributed by atoms with E-state index in [2.05, 4.69) is 25.5 Å². The Morgan fingerprint density at radius 2 is 1.90 bits per heavy atom. The van der Waals surface area contributed by atoms with Crippen molar-refractivity contribution in [2.45, 2.75) is 19.8 Å². The van der Waals surface area contributed by atoms with Gasteiger partial charge >= 0.3 is 0 Å². The predicted octanol–water partition coefficient (Wildman–Crippen LogP) is 4.30. The lowest BCUT2D eigenvalue weighted by atomic mass is 10.2. The molecule has 0 bridgehead atoms. The van der Waals surface area contributed by atoms with Crippen LogP contribution < -0.4 is 15.4 Å². The van der Waals surface area contributed by atoms with E-state index >= 15 is 0 Å². The van der Waals surface area contributed by atoms with Crippen molar-refractivity contribution in [3.05, 3.63) is 48.2 Å². The van der Waals surface area contributed by atoms with Crippen molar-refractivity contribution in [2.75, 3.05) is 43.9 Å². The quantitative estimate of drug-likeness (QED) is 0.591. The first-order valence-corrected chi connectivity index (χ1v) is 10.1. The van der Waals surface area contributed by atoms with E-state index in [0.29, 0.717) is 18.3 Å². The maximum Gasteiger partial charge on any atom is 0.229 e. The van der Waals surface area contributed by atoms with Crippen molar-refractivity contribution < 1.29 is 9.15 Å². The first-order valence-electron chi connectivity index (χ1n) is 10.1. The summed E-state index contributed by atoms with van der Waals surface area (Å²) in [5.41, 5.74) is 2.60. The van der Waals surface area contributed by atoms with Crippen molar-refractivity contribution in [3.8, 4) is 17.2 Å². The van der Waals surface area contributed by atoms with Crippen LogP contribution in [0, 0.1) is 6.92 Å². The van der Waals surface area contributed by atoms with E-state index in [1.54, 1.807) is 6.26 Å². The Kier molecular flexibility index (Phi) is 5.95. The highest BCUT2D eigenvalue weighted by Crippen LogP contribution is 2.28. The topological polar surface area (TPSA) is 75.5 Å². The zero-order valence-electron chi connectivity index (χ0n) is 16.9. The lowest BCUT2D eigenvalue weighted by molar-refractivity contribution is 0.238. The van der Waals surface area contributed by atoms with Gasteiger partial charge in [-0.1, -0.05) is 0 Å². The van der Waals surface area contributed by atoms with Crippen LogP contribution in [0.4, 0.5) is 17.5 Å². The zero-order chi connectivity index (χ0) is 20.1. The Morgan fingerprint density at radius 1 is 1.10 bits per heavy atom. The molecule has 0 unspecified atom stereocenters. The highest BCUT2D eigenvalue weighted by atomic mass is 16.5. The van der Waals surface area contributed by atoms with Gasteiger partial charge in [-0.3, -0.25) is 4.90 Å². The molecule has 1 aliphatic rings. The van der Waals surface area contributed by atoms with Crippen LogP contribution in [0.3, 0.4) is 0 Å². The minimum atomic E-state index is 0.508. The van der Waals surface area contributed by atoms with Gasteiger partial charge < -0.3 is 19.8 Å². The summed E-state index contributed by atoms with van der Waals surface area (Å²) in [6.07, 6.45) is 4.25. The van der Waals surface area contributed by atoms with E-state index in [1.807, 2.05) is 50.4 Å². The summed E-state index contributed by atoms with van der Waals surface area (Å²) in [6, 6.07) is 11.6. The predicted molar refractivity (Wildman–Crippen MR) is 115 cm³/mol. The monoisotopic (exact) mass is 393 g/mol. The Bertz CT molecular complexity index is 919. The Hall–Kier alpha value is -3.06. The second-order valence-corrected chi connectivity index (χ2v) is 7.14. The molecule has 1 aromatic carbocycles. The van der Waals surface area contributed by atoms with E-state index in [-0.39, 0.29) is 0 Å². The Labute approximate surface area is 171 Å². The number of benzene rings is 1. The number of ether oxygens (including phenoxy) is 1.